The predicted octanol–water partition coefficient (Wildman–Crippen LogP) is 4.12. The Morgan fingerprint density at radius 3 is 2.67 bits per heavy atom. The maximum atomic E-state index is 13.3. The van der Waals surface area contributed by atoms with Crippen molar-refractivity contribution in [2.75, 3.05) is 13.6 Å². The van der Waals surface area contributed by atoms with E-state index < -0.39 is 10.0 Å². The Morgan fingerprint density at radius 2 is 1.93 bits per heavy atom. The number of sulfonamides is 1. The van der Waals surface area contributed by atoms with Gasteiger partial charge in [0.25, 0.3) is 0 Å². The molecule has 0 atom stereocenters. The molecule has 0 bridgehead atoms. The van der Waals surface area contributed by atoms with E-state index in [0.29, 0.717) is 35.7 Å². The first-order valence-electron chi connectivity index (χ1n) is 8.38. The van der Waals surface area contributed by atoms with Crippen LogP contribution in [0.1, 0.15) is 12.1 Å². The summed E-state index contributed by atoms with van der Waals surface area (Å²) in [5.74, 6) is -0.315. The van der Waals surface area contributed by atoms with Gasteiger partial charge in [0.05, 0.1) is 10.6 Å². The van der Waals surface area contributed by atoms with Crippen molar-refractivity contribution in [2.45, 2.75) is 17.7 Å². The Balaban J connectivity index is 1.60. The molecule has 0 amide bonds. The van der Waals surface area contributed by atoms with E-state index >= 15 is 0 Å². The van der Waals surface area contributed by atoms with Crippen molar-refractivity contribution in [3.8, 4) is 11.3 Å². The maximum Gasteiger partial charge on any atom is 0.242 e. The van der Waals surface area contributed by atoms with Crippen molar-refractivity contribution in [1.82, 2.24) is 14.5 Å². The van der Waals surface area contributed by atoms with Crippen molar-refractivity contribution in [3.63, 3.8) is 0 Å². The van der Waals surface area contributed by atoms with E-state index in [2.05, 4.69) is 10.2 Å². The summed E-state index contributed by atoms with van der Waals surface area (Å²) >= 11 is 5.89. The van der Waals surface area contributed by atoms with Crippen LogP contribution in [0.2, 0.25) is 5.02 Å². The number of aryl methyl sites for hydroxylation is 1. The van der Waals surface area contributed by atoms with Crippen LogP contribution in [0.15, 0.2) is 59.5 Å². The summed E-state index contributed by atoms with van der Waals surface area (Å²) in [4.78, 5) is 0.174. The number of H-pyrrole nitrogens is 1. The first-order valence-corrected chi connectivity index (χ1v) is 10.2. The van der Waals surface area contributed by atoms with Crippen molar-refractivity contribution in [3.05, 3.63) is 71.1 Å². The Bertz CT molecular complexity index is 1040. The second-order valence-corrected chi connectivity index (χ2v) is 8.66. The number of aromatic nitrogens is 2. The third-order valence-corrected chi connectivity index (χ3v) is 6.26. The van der Waals surface area contributed by atoms with Gasteiger partial charge in [0, 0.05) is 29.9 Å². The molecule has 8 heteroatoms. The number of benzene rings is 2. The van der Waals surface area contributed by atoms with E-state index in [1.807, 2.05) is 6.07 Å². The van der Waals surface area contributed by atoms with Gasteiger partial charge in [-0.15, -0.1) is 0 Å². The van der Waals surface area contributed by atoms with Crippen LogP contribution < -0.4 is 0 Å². The largest absolute Gasteiger partial charge is 0.282 e. The van der Waals surface area contributed by atoms with E-state index in [1.165, 1.54) is 28.6 Å². The zero-order valence-corrected chi connectivity index (χ0v) is 16.3. The average Bonchev–Trinajstić information content (AvgIpc) is 3.10. The molecule has 0 saturated carbocycles. The SMILES string of the molecule is CN(CCCc1cc(-c2cccc(F)c2)n[nH]1)S(=O)(=O)c1cccc(Cl)c1. The molecule has 0 radical (unpaired) electrons. The molecule has 142 valence electrons. The number of hydrogen-bond donors (Lipinski definition) is 1. The molecule has 27 heavy (non-hydrogen) atoms. The number of nitrogens with one attached hydrogen (secondary N) is 1. The van der Waals surface area contributed by atoms with E-state index in [4.69, 9.17) is 11.6 Å². The summed E-state index contributed by atoms with van der Waals surface area (Å²) < 4.78 is 39.7. The first-order chi connectivity index (χ1) is 12.9. The summed E-state index contributed by atoms with van der Waals surface area (Å²) in [6.07, 6.45) is 1.23. The second kappa shape index (κ2) is 8.21. The van der Waals surface area contributed by atoms with Crippen LogP contribution >= 0.6 is 11.6 Å². The number of aromatic amines is 1. The van der Waals surface area contributed by atoms with E-state index in [0.717, 1.165) is 5.69 Å². The molecule has 0 fully saturated rings. The van der Waals surface area contributed by atoms with Gasteiger partial charge in [-0.25, -0.2) is 17.1 Å². The lowest BCUT2D eigenvalue weighted by atomic mass is 10.1. The zero-order chi connectivity index (χ0) is 19.4. The summed E-state index contributed by atoms with van der Waals surface area (Å²) in [7, 11) is -2.03. The molecule has 0 spiro atoms. The Hall–Kier alpha value is -2.22. The number of halogens is 2. The van der Waals surface area contributed by atoms with Crippen LogP contribution in [0.3, 0.4) is 0 Å². The van der Waals surface area contributed by atoms with Crippen molar-refractivity contribution < 1.29 is 12.8 Å². The molecule has 1 heterocycles. The third-order valence-electron chi connectivity index (χ3n) is 4.17. The summed E-state index contributed by atoms with van der Waals surface area (Å²) in [6.45, 7) is 0.350. The topological polar surface area (TPSA) is 66.1 Å². The van der Waals surface area contributed by atoms with E-state index in [1.54, 1.807) is 31.3 Å². The molecule has 0 aliphatic heterocycles. The normalized spacial score (nSPS) is 11.9. The van der Waals surface area contributed by atoms with Gasteiger partial charge in [-0.2, -0.15) is 5.10 Å². The van der Waals surface area contributed by atoms with Crippen LogP contribution in [0.25, 0.3) is 11.3 Å². The van der Waals surface area contributed by atoms with Crippen LogP contribution in [-0.2, 0) is 16.4 Å². The van der Waals surface area contributed by atoms with E-state index in [9.17, 15) is 12.8 Å². The Morgan fingerprint density at radius 1 is 1.15 bits per heavy atom. The van der Waals surface area contributed by atoms with Crippen molar-refractivity contribution in [2.24, 2.45) is 0 Å². The van der Waals surface area contributed by atoms with Crippen LogP contribution in [-0.4, -0.2) is 36.5 Å². The summed E-state index contributed by atoms with van der Waals surface area (Å²) in [5, 5.41) is 7.49. The third kappa shape index (κ3) is 4.74. The minimum absolute atomic E-state index is 0.174. The molecule has 0 saturated heterocycles. The molecule has 3 rings (SSSR count). The van der Waals surface area contributed by atoms with E-state index in [-0.39, 0.29) is 10.7 Å². The average molecular weight is 408 g/mol. The molecule has 5 nitrogen and oxygen atoms in total. The van der Waals surface area contributed by atoms with Crippen LogP contribution in [0, 0.1) is 5.82 Å². The molecule has 3 aromatic rings. The van der Waals surface area contributed by atoms with Crippen molar-refractivity contribution >= 4 is 21.6 Å². The van der Waals surface area contributed by atoms with Crippen molar-refractivity contribution in [1.29, 1.82) is 0 Å². The Labute approximate surface area is 162 Å². The molecule has 0 unspecified atom stereocenters. The maximum absolute atomic E-state index is 13.3. The van der Waals surface area contributed by atoms with Gasteiger partial charge in [-0.05, 0) is 49.2 Å². The lowest BCUT2D eigenvalue weighted by Gasteiger charge is -2.17. The smallest absolute Gasteiger partial charge is 0.242 e. The van der Waals surface area contributed by atoms with Gasteiger partial charge in [-0.1, -0.05) is 29.8 Å². The van der Waals surface area contributed by atoms with Gasteiger partial charge >= 0.3 is 0 Å². The van der Waals surface area contributed by atoms with Crippen LogP contribution in [0.5, 0.6) is 0 Å². The summed E-state index contributed by atoms with van der Waals surface area (Å²) in [5.41, 5.74) is 2.21. The highest BCUT2D eigenvalue weighted by atomic mass is 35.5. The first kappa shape index (κ1) is 19.5. The fraction of sp³-hybridized carbons (Fsp3) is 0.211. The standard InChI is InChI=1S/C19H19ClFN3O2S/c1-24(27(25,26)18-9-3-6-15(20)12-18)10-4-8-17-13-19(23-22-17)14-5-2-7-16(21)11-14/h2-3,5-7,9,11-13H,4,8,10H2,1H3,(H,22,23). The second-order valence-electron chi connectivity index (χ2n) is 6.18. The molecule has 0 aliphatic carbocycles. The van der Waals surface area contributed by atoms with Gasteiger partial charge in [-0.3, -0.25) is 5.10 Å². The fourth-order valence-electron chi connectivity index (χ4n) is 2.71. The number of hydrogen-bond acceptors (Lipinski definition) is 3. The quantitative estimate of drug-likeness (QED) is 0.640. The highest BCUT2D eigenvalue weighted by Crippen LogP contribution is 2.21. The van der Waals surface area contributed by atoms with Gasteiger partial charge in [0.15, 0.2) is 0 Å². The lowest BCUT2D eigenvalue weighted by Crippen LogP contribution is -2.28. The number of nitrogens with zero attached hydrogens (tertiary/aromatic N) is 2. The predicted molar refractivity (Wildman–Crippen MR) is 104 cm³/mol. The highest BCUT2D eigenvalue weighted by molar-refractivity contribution is 7.89. The molecule has 2 aromatic carbocycles. The van der Waals surface area contributed by atoms with Gasteiger partial charge in [0.1, 0.15) is 5.82 Å². The number of rotatable bonds is 7. The molecular weight excluding hydrogens is 389 g/mol. The van der Waals surface area contributed by atoms with Gasteiger partial charge < -0.3 is 0 Å². The minimum Gasteiger partial charge on any atom is -0.282 e. The monoisotopic (exact) mass is 407 g/mol. The molecule has 0 aliphatic rings. The van der Waals surface area contributed by atoms with Crippen LogP contribution in [0.4, 0.5) is 4.39 Å². The zero-order valence-electron chi connectivity index (χ0n) is 14.7. The highest BCUT2D eigenvalue weighted by Gasteiger charge is 2.20. The molecule has 1 aromatic heterocycles. The summed E-state index contributed by atoms with van der Waals surface area (Å²) in [6, 6.07) is 14.3. The Kier molecular flexibility index (Phi) is 5.94. The lowest BCUT2D eigenvalue weighted by molar-refractivity contribution is 0.460. The fourth-order valence-corrected chi connectivity index (χ4v) is 4.22. The molecular formula is C19H19ClFN3O2S. The van der Waals surface area contributed by atoms with Gasteiger partial charge in [0.2, 0.25) is 10.0 Å². The molecule has 1 N–H and O–H groups in total. The minimum atomic E-state index is -3.58.